The lowest BCUT2D eigenvalue weighted by molar-refractivity contribution is 0.597. The molecule has 1 aliphatic heterocycles. The summed E-state index contributed by atoms with van der Waals surface area (Å²) in [6, 6.07) is 2.57. The molecule has 1 N–H and O–H groups in total. The number of hydrogen-bond acceptors (Lipinski definition) is 3. The Hall–Kier alpha value is -0.220. The summed E-state index contributed by atoms with van der Waals surface area (Å²) in [5, 5.41) is 3.52. The first-order valence-electron chi connectivity index (χ1n) is 5.14. The molecular weight excluding hydrogens is 272 g/mol. The summed E-state index contributed by atoms with van der Waals surface area (Å²) >= 11 is 5.59. The molecule has 2 nitrogen and oxygen atoms in total. The zero-order chi connectivity index (χ0) is 10.8. The van der Waals surface area contributed by atoms with E-state index in [0.29, 0.717) is 6.04 Å². The van der Waals surface area contributed by atoms with Crippen LogP contribution in [-0.4, -0.2) is 22.5 Å². The van der Waals surface area contributed by atoms with Gasteiger partial charge in [-0.2, -0.15) is 11.8 Å². The van der Waals surface area contributed by atoms with Gasteiger partial charge in [-0.3, -0.25) is 0 Å². The van der Waals surface area contributed by atoms with Gasteiger partial charge in [0, 0.05) is 18.0 Å². The first-order valence-corrected chi connectivity index (χ1v) is 7.08. The molecular formula is C11H15BrN2S. The van der Waals surface area contributed by atoms with Gasteiger partial charge in [-0.25, -0.2) is 4.98 Å². The molecule has 1 fully saturated rings. The lowest BCUT2D eigenvalue weighted by Gasteiger charge is -2.18. The van der Waals surface area contributed by atoms with Crippen molar-refractivity contribution in [1.82, 2.24) is 4.98 Å². The van der Waals surface area contributed by atoms with Crippen molar-refractivity contribution in [2.24, 2.45) is 5.92 Å². The van der Waals surface area contributed by atoms with E-state index >= 15 is 0 Å². The van der Waals surface area contributed by atoms with Crippen LogP contribution in [0.25, 0.3) is 0 Å². The predicted molar refractivity (Wildman–Crippen MR) is 70.6 cm³/mol. The van der Waals surface area contributed by atoms with E-state index in [4.69, 9.17) is 0 Å². The number of anilines is 1. The Kier molecular flexibility index (Phi) is 3.57. The second-order valence-corrected chi connectivity index (χ2v) is 5.92. The van der Waals surface area contributed by atoms with E-state index < -0.39 is 0 Å². The van der Waals surface area contributed by atoms with Gasteiger partial charge >= 0.3 is 0 Å². The molecule has 0 amide bonds. The van der Waals surface area contributed by atoms with E-state index in [1.165, 1.54) is 17.1 Å². The topological polar surface area (TPSA) is 24.9 Å². The van der Waals surface area contributed by atoms with E-state index in [9.17, 15) is 0 Å². The Morgan fingerprint density at radius 2 is 2.33 bits per heavy atom. The fourth-order valence-corrected chi connectivity index (χ4v) is 3.42. The lowest BCUT2D eigenvalue weighted by atomic mass is 10.1. The van der Waals surface area contributed by atoms with Crippen molar-refractivity contribution >= 4 is 33.5 Å². The number of nitrogens with zero attached hydrogens (tertiary/aromatic N) is 1. The fraction of sp³-hybridized carbons (Fsp3) is 0.545. The molecule has 4 heteroatoms. The monoisotopic (exact) mass is 286 g/mol. The second-order valence-electron chi connectivity index (χ2n) is 4.06. The maximum absolute atomic E-state index is 4.37. The summed E-state index contributed by atoms with van der Waals surface area (Å²) in [6.07, 6.45) is 1.86. The third-order valence-electron chi connectivity index (χ3n) is 2.77. The van der Waals surface area contributed by atoms with Crippen LogP contribution >= 0.6 is 27.7 Å². The van der Waals surface area contributed by atoms with Gasteiger partial charge < -0.3 is 5.32 Å². The molecule has 1 saturated heterocycles. The van der Waals surface area contributed by atoms with Gasteiger partial charge in [-0.15, -0.1) is 0 Å². The summed E-state index contributed by atoms with van der Waals surface area (Å²) in [4.78, 5) is 4.37. The van der Waals surface area contributed by atoms with Crippen LogP contribution < -0.4 is 5.32 Å². The zero-order valence-electron chi connectivity index (χ0n) is 8.96. The van der Waals surface area contributed by atoms with Crippen molar-refractivity contribution in [2.45, 2.75) is 19.9 Å². The summed E-state index contributed by atoms with van der Waals surface area (Å²) in [5.41, 5.74) is 1.23. The number of aromatic nitrogens is 1. The zero-order valence-corrected chi connectivity index (χ0v) is 11.4. The number of thioether (sulfide) groups is 1. The van der Waals surface area contributed by atoms with E-state index in [1.807, 2.05) is 24.0 Å². The second kappa shape index (κ2) is 4.74. The molecule has 15 heavy (non-hydrogen) atoms. The van der Waals surface area contributed by atoms with Crippen LogP contribution in [0.1, 0.15) is 12.5 Å². The van der Waals surface area contributed by atoms with Crippen LogP contribution in [0.2, 0.25) is 0 Å². The van der Waals surface area contributed by atoms with Crippen molar-refractivity contribution in [3.63, 3.8) is 0 Å². The van der Waals surface area contributed by atoms with E-state index in [0.717, 1.165) is 16.2 Å². The number of aryl methyl sites for hydroxylation is 1. The highest BCUT2D eigenvalue weighted by Gasteiger charge is 2.24. The number of nitrogens with one attached hydrogen (secondary N) is 1. The molecule has 0 spiro atoms. The maximum Gasteiger partial charge on any atom is 0.140 e. The molecule has 82 valence electrons. The van der Waals surface area contributed by atoms with Crippen molar-refractivity contribution < 1.29 is 0 Å². The molecule has 2 heterocycles. The normalized spacial score (nSPS) is 25.5. The van der Waals surface area contributed by atoms with Crippen LogP contribution in [0.4, 0.5) is 5.82 Å². The summed E-state index contributed by atoms with van der Waals surface area (Å²) in [6.45, 7) is 4.38. The Morgan fingerprint density at radius 3 is 3.00 bits per heavy atom. The minimum Gasteiger partial charge on any atom is -0.365 e. The molecule has 1 aromatic heterocycles. The third kappa shape index (κ3) is 2.48. The average molecular weight is 287 g/mol. The van der Waals surface area contributed by atoms with Crippen LogP contribution in [0, 0.1) is 12.8 Å². The van der Waals surface area contributed by atoms with Crippen LogP contribution in [0.15, 0.2) is 16.7 Å². The number of pyridine rings is 1. The van der Waals surface area contributed by atoms with Gasteiger partial charge in [0.25, 0.3) is 0 Å². The highest BCUT2D eigenvalue weighted by atomic mass is 79.9. The Balaban J connectivity index is 2.13. The summed E-state index contributed by atoms with van der Waals surface area (Å²) in [7, 11) is 0. The van der Waals surface area contributed by atoms with Crippen LogP contribution in [-0.2, 0) is 0 Å². The van der Waals surface area contributed by atoms with E-state index in [2.05, 4.69) is 40.1 Å². The number of rotatable bonds is 2. The van der Waals surface area contributed by atoms with Crippen molar-refractivity contribution in [2.75, 3.05) is 16.8 Å². The first-order chi connectivity index (χ1) is 7.18. The Morgan fingerprint density at radius 1 is 1.53 bits per heavy atom. The van der Waals surface area contributed by atoms with Crippen molar-refractivity contribution in [3.8, 4) is 0 Å². The van der Waals surface area contributed by atoms with Crippen LogP contribution in [0.5, 0.6) is 0 Å². The molecule has 2 rings (SSSR count). The predicted octanol–water partition coefficient (Wildman–Crippen LogP) is 3.32. The average Bonchev–Trinajstić information content (AvgIpc) is 2.60. The van der Waals surface area contributed by atoms with Crippen LogP contribution in [0.3, 0.4) is 0 Å². The van der Waals surface area contributed by atoms with Gasteiger partial charge in [0.1, 0.15) is 5.82 Å². The Labute approximate surface area is 103 Å². The summed E-state index contributed by atoms with van der Waals surface area (Å²) < 4.78 is 1.09. The quantitative estimate of drug-likeness (QED) is 0.903. The number of halogens is 1. The van der Waals surface area contributed by atoms with Crippen molar-refractivity contribution in [1.29, 1.82) is 0 Å². The largest absolute Gasteiger partial charge is 0.365 e. The van der Waals surface area contributed by atoms with E-state index in [-0.39, 0.29) is 0 Å². The highest BCUT2D eigenvalue weighted by molar-refractivity contribution is 9.10. The van der Waals surface area contributed by atoms with Gasteiger partial charge in [0.05, 0.1) is 4.47 Å². The molecule has 2 unspecified atom stereocenters. The Bertz CT molecular complexity index is 356. The molecule has 1 aliphatic rings. The molecule has 1 aromatic rings. The third-order valence-corrected chi connectivity index (χ3v) is 5.13. The molecule has 2 atom stereocenters. The molecule has 0 radical (unpaired) electrons. The SMILES string of the molecule is Cc1ccnc(NC2CSCC2C)c1Br. The minimum absolute atomic E-state index is 0.556. The van der Waals surface area contributed by atoms with Gasteiger partial charge in [-0.05, 0) is 46.2 Å². The molecule has 0 saturated carbocycles. The molecule has 0 aliphatic carbocycles. The maximum atomic E-state index is 4.37. The number of hydrogen-bond donors (Lipinski definition) is 1. The van der Waals surface area contributed by atoms with Gasteiger partial charge in [0.15, 0.2) is 0 Å². The lowest BCUT2D eigenvalue weighted by Crippen LogP contribution is -2.26. The summed E-state index contributed by atoms with van der Waals surface area (Å²) in [5.74, 6) is 4.14. The van der Waals surface area contributed by atoms with Gasteiger partial charge in [0.2, 0.25) is 0 Å². The highest BCUT2D eigenvalue weighted by Crippen LogP contribution is 2.29. The first kappa shape index (κ1) is 11.3. The fourth-order valence-electron chi connectivity index (χ4n) is 1.66. The smallest absolute Gasteiger partial charge is 0.140 e. The molecule has 0 aromatic carbocycles. The standard InChI is InChI=1S/C11H15BrN2S/c1-7-3-4-13-11(10(7)12)14-9-6-15-5-8(9)2/h3-4,8-9H,5-6H2,1-2H3,(H,13,14). The molecule has 0 bridgehead atoms. The minimum atomic E-state index is 0.556. The van der Waals surface area contributed by atoms with Gasteiger partial charge in [-0.1, -0.05) is 6.92 Å². The van der Waals surface area contributed by atoms with Crippen molar-refractivity contribution in [3.05, 3.63) is 22.3 Å². The van der Waals surface area contributed by atoms with E-state index in [1.54, 1.807) is 0 Å².